The van der Waals surface area contributed by atoms with E-state index in [9.17, 15) is 0 Å². The van der Waals surface area contributed by atoms with Gasteiger partial charge in [0.1, 0.15) is 0 Å². The molecule has 1 heterocycles. The Morgan fingerprint density at radius 3 is 2.57 bits per heavy atom. The highest BCUT2D eigenvalue weighted by molar-refractivity contribution is 9.11. The summed E-state index contributed by atoms with van der Waals surface area (Å²) in [6.07, 6.45) is 0. The summed E-state index contributed by atoms with van der Waals surface area (Å²) in [5, 5.41) is 0.601. The summed E-state index contributed by atoms with van der Waals surface area (Å²) >= 11 is 10.9. The Hall–Kier alpha value is -0.510. The fraction of sp³-hybridized carbons (Fsp3) is 0. The second-order valence-corrected chi connectivity index (χ2v) is 5.71. The minimum absolute atomic E-state index is 0.601. The van der Waals surface area contributed by atoms with E-state index >= 15 is 0 Å². The van der Waals surface area contributed by atoms with Crippen LogP contribution in [-0.2, 0) is 0 Å². The second-order valence-electron chi connectivity index (χ2n) is 2.84. The van der Waals surface area contributed by atoms with Crippen molar-refractivity contribution >= 4 is 44.6 Å². The molecule has 0 saturated heterocycles. The highest BCUT2D eigenvalue weighted by Crippen LogP contribution is 2.33. The molecule has 0 saturated carbocycles. The maximum absolute atomic E-state index is 5.84. The molecular formula is C10H7BrClNS. The molecule has 2 rings (SSSR count). The van der Waals surface area contributed by atoms with Crippen molar-refractivity contribution in [2.75, 3.05) is 5.73 Å². The van der Waals surface area contributed by atoms with E-state index in [1.807, 2.05) is 24.3 Å². The van der Waals surface area contributed by atoms with Gasteiger partial charge in [-0.3, -0.25) is 0 Å². The minimum atomic E-state index is 0.601. The number of nitrogens with two attached hydrogens (primary N) is 1. The van der Waals surface area contributed by atoms with Gasteiger partial charge in [-0.2, -0.15) is 0 Å². The minimum Gasteiger partial charge on any atom is -0.398 e. The summed E-state index contributed by atoms with van der Waals surface area (Å²) < 4.78 is 1.11. The largest absolute Gasteiger partial charge is 0.398 e. The number of anilines is 1. The maximum Gasteiger partial charge on any atom is 0.0705 e. The van der Waals surface area contributed by atoms with Gasteiger partial charge in [0.25, 0.3) is 0 Å². The van der Waals surface area contributed by atoms with Crippen LogP contribution in [0.5, 0.6) is 0 Å². The van der Waals surface area contributed by atoms with Crippen molar-refractivity contribution in [2.45, 2.75) is 0 Å². The SMILES string of the molecule is Nc1cc(-c2ccc(Br)s2)ccc1Cl. The summed E-state index contributed by atoms with van der Waals surface area (Å²) in [7, 11) is 0. The van der Waals surface area contributed by atoms with Crippen LogP contribution in [0.1, 0.15) is 0 Å². The summed E-state index contributed by atoms with van der Waals surface area (Å²) in [6, 6.07) is 9.75. The van der Waals surface area contributed by atoms with Crippen molar-refractivity contribution in [2.24, 2.45) is 0 Å². The molecule has 0 amide bonds. The molecule has 1 aromatic carbocycles. The van der Waals surface area contributed by atoms with E-state index in [1.165, 1.54) is 4.88 Å². The van der Waals surface area contributed by atoms with Crippen LogP contribution in [-0.4, -0.2) is 0 Å². The molecule has 0 radical (unpaired) electrons. The number of rotatable bonds is 1. The van der Waals surface area contributed by atoms with Gasteiger partial charge in [-0.05, 0) is 45.8 Å². The zero-order valence-electron chi connectivity index (χ0n) is 7.13. The number of halogens is 2. The molecule has 0 aliphatic carbocycles. The molecule has 0 unspecified atom stereocenters. The third-order valence-corrected chi connectivity index (χ3v) is 3.87. The molecule has 0 aliphatic heterocycles. The monoisotopic (exact) mass is 287 g/mol. The first-order valence-corrected chi connectivity index (χ1v) is 5.96. The molecule has 0 atom stereocenters. The van der Waals surface area contributed by atoms with Crippen LogP contribution in [0.2, 0.25) is 5.02 Å². The molecule has 1 aromatic heterocycles. The first-order valence-electron chi connectivity index (χ1n) is 3.97. The lowest BCUT2D eigenvalue weighted by Gasteiger charge is -2.00. The van der Waals surface area contributed by atoms with Crippen molar-refractivity contribution in [3.63, 3.8) is 0 Å². The van der Waals surface area contributed by atoms with Gasteiger partial charge in [0, 0.05) is 4.88 Å². The van der Waals surface area contributed by atoms with Crippen LogP contribution in [0, 0.1) is 0 Å². The Morgan fingerprint density at radius 1 is 1.21 bits per heavy atom. The fourth-order valence-corrected chi connectivity index (χ4v) is 2.67. The van der Waals surface area contributed by atoms with E-state index in [4.69, 9.17) is 17.3 Å². The van der Waals surface area contributed by atoms with Gasteiger partial charge in [-0.15, -0.1) is 11.3 Å². The Kier molecular flexibility index (Phi) is 2.81. The van der Waals surface area contributed by atoms with E-state index in [0.717, 1.165) is 9.35 Å². The smallest absolute Gasteiger partial charge is 0.0705 e. The molecule has 0 bridgehead atoms. The van der Waals surface area contributed by atoms with Crippen LogP contribution in [0.25, 0.3) is 10.4 Å². The average Bonchev–Trinajstić information content (AvgIpc) is 2.57. The van der Waals surface area contributed by atoms with Crippen LogP contribution in [0.4, 0.5) is 5.69 Å². The molecular weight excluding hydrogens is 282 g/mol. The quantitative estimate of drug-likeness (QED) is 0.773. The van der Waals surface area contributed by atoms with Crippen LogP contribution >= 0.6 is 38.9 Å². The number of hydrogen-bond acceptors (Lipinski definition) is 2. The number of hydrogen-bond donors (Lipinski definition) is 1. The van der Waals surface area contributed by atoms with Crippen molar-refractivity contribution in [3.8, 4) is 10.4 Å². The van der Waals surface area contributed by atoms with Crippen molar-refractivity contribution in [1.29, 1.82) is 0 Å². The van der Waals surface area contributed by atoms with E-state index in [1.54, 1.807) is 11.3 Å². The third-order valence-electron chi connectivity index (χ3n) is 1.85. The lowest BCUT2D eigenvalue weighted by atomic mass is 10.2. The number of thiophene rings is 1. The van der Waals surface area contributed by atoms with E-state index < -0.39 is 0 Å². The van der Waals surface area contributed by atoms with Crippen molar-refractivity contribution in [1.82, 2.24) is 0 Å². The lowest BCUT2D eigenvalue weighted by molar-refractivity contribution is 1.67. The lowest BCUT2D eigenvalue weighted by Crippen LogP contribution is -1.85. The number of nitrogen functional groups attached to an aromatic ring is 1. The topological polar surface area (TPSA) is 26.0 Å². The average molecular weight is 289 g/mol. The molecule has 0 fully saturated rings. The first-order chi connectivity index (χ1) is 6.66. The molecule has 14 heavy (non-hydrogen) atoms. The van der Waals surface area contributed by atoms with Gasteiger partial charge in [0.2, 0.25) is 0 Å². The maximum atomic E-state index is 5.84. The van der Waals surface area contributed by atoms with E-state index in [2.05, 4.69) is 22.0 Å². The second kappa shape index (κ2) is 3.93. The molecule has 4 heteroatoms. The van der Waals surface area contributed by atoms with Gasteiger partial charge in [-0.25, -0.2) is 0 Å². The predicted octanol–water partition coefficient (Wildman–Crippen LogP) is 4.41. The zero-order chi connectivity index (χ0) is 10.1. The molecule has 2 aromatic rings. The zero-order valence-corrected chi connectivity index (χ0v) is 10.3. The summed E-state index contributed by atoms with van der Waals surface area (Å²) in [5.41, 5.74) is 7.44. The molecule has 0 aliphatic rings. The molecule has 1 nitrogen and oxygen atoms in total. The summed E-state index contributed by atoms with van der Waals surface area (Å²) in [5.74, 6) is 0. The van der Waals surface area contributed by atoms with Gasteiger partial charge >= 0.3 is 0 Å². The number of benzene rings is 1. The first kappa shape index (κ1) is 10.0. The van der Waals surface area contributed by atoms with Crippen LogP contribution in [0.15, 0.2) is 34.1 Å². The van der Waals surface area contributed by atoms with Crippen molar-refractivity contribution < 1.29 is 0 Å². The molecule has 0 spiro atoms. The summed E-state index contributed by atoms with van der Waals surface area (Å²) in [4.78, 5) is 1.18. The molecule has 72 valence electrons. The summed E-state index contributed by atoms with van der Waals surface area (Å²) in [6.45, 7) is 0. The van der Waals surface area contributed by atoms with Crippen LogP contribution < -0.4 is 5.73 Å². The Morgan fingerprint density at radius 2 is 2.00 bits per heavy atom. The normalized spacial score (nSPS) is 10.4. The van der Waals surface area contributed by atoms with Crippen molar-refractivity contribution in [3.05, 3.63) is 39.1 Å². The van der Waals surface area contributed by atoms with Gasteiger partial charge in [0.05, 0.1) is 14.5 Å². The van der Waals surface area contributed by atoms with Gasteiger partial charge < -0.3 is 5.73 Å². The standard InChI is InChI=1S/C10H7BrClNS/c11-10-4-3-9(14-10)6-1-2-7(12)8(13)5-6/h1-5H,13H2. The predicted molar refractivity (Wildman–Crippen MR) is 66.9 cm³/mol. The Balaban J connectivity index is 2.47. The highest BCUT2D eigenvalue weighted by Gasteiger charge is 2.03. The van der Waals surface area contributed by atoms with Crippen LogP contribution in [0.3, 0.4) is 0 Å². The van der Waals surface area contributed by atoms with E-state index in [0.29, 0.717) is 10.7 Å². The van der Waals surface area contributed by atoms with Gasteiger partial charge in [-0.1, -0.05) is 17.7 Å². The highest BCUT2D eigenvalue weighted by atomic mass is 79.9. The molecule has 2 N–H and O–H groups in total. The van der Waals surface area contributed by atoms with E-state index in [-0.39, 0.29) is 0 Å². The Bertz CT molecular complexity index is 467. The Labute approximate surface area is 99.6 Å². The fourth-order valence-electron chi connectivity index (χ4n) is 1.17. The van der Waals surface area contributed by atoms with Gasteiger partial charge in [0.15, 0.2) is 0 Å². The third kappa shape index (κ3) is 1.95.